The summed E-state index contributed by atoms with van der Waals surface area (Å²) in [6.45, 7) is 6.33. The molecule has 1 heterocycles. The molecule has 0 aliphatic carbocycles. The Kier molecular flexibility index (Phi) is 10.9. The van der Waals surface area contributed by atoms with Crippen LogP contribution in [-0.4, -0.2) is 63.8 Å². The number of benzene rings is 1. The van der Waals surface area contributed by atoms with Crippen molar-refractivity contribution in [2.24, 2.45) is 4.99 Å². The molecule has 24 heavy (non-hydrogen) atoms. The maximum absolute atomic E-state index is 13.1. The fraction of sp³-hybridized carbons (Fsp3) is 0.588. The lowest BCUT2D eigenvalue weighted by Gasteiger charge is -2.26. The fourth-order valence-electron chi connectivity index (χ4n) is 2.57. The molecule has 0 saturated carbocycles. The first-order valence-corrected chi connectivity index (χ1v) is 8.27. The molecule has 1 aromatic rings. The lowest BCUT2D eigenvalue weighted by atomic mass is 10.1. The highest BCUT2D eigenvalue weighted by Gasteiger charge is 2.09. The van der Waals surface area contributed by atoms with Gasteiger partial charge in [0.15, 0.2) is 5.96 Å². The van der Waals surface area contributed by atoms with Crippen LogP contribution in [0, 0.1) is 5.82 Å². The lowest BCUT2D eigenvalue weighted by molar-refractivity contribution is 0.0389. The van der Waals surface area contributed by atoms with E-state index in [1.165, 1.54) is 6.07 Å². The Morgan fingerprint density at radius 3 is 2.71 bits per heavy atom. The maximum Gasteiger partial charge on any atom is 0.191 e. The van der Waals surface area contributed by atoms with Gasteiger partial charge in [-0.05, 0) is 30.5 Å². The number of nitrogens with one attached hydrogen (secondary N) is 2. The maximum atomic E-state index is 13.1. The molecule has 0 amide bonds. The van der Waals surface area contributed by atoms with Crippen molar-refractivity contribution < 1.29 is 9.13 Å². The standard InChI is InChI=1S/C17H27FN4O.HI/c1-19-17(21-8-9-22-10-12-23-13-11-22)20-7-3-5-15-4-2-6-16(18)14-15;/h2,4,6,14H,3,5,7-13H2,1H3,(H2,19,20,21);1H. The number of aliphatic imine (C=N–C) groups is 1. The summed E-state index contributed by atoms with van der Waals surface area (Å²) < 4.78 is 18.4. The minimum absolute atomic E-state index is 0. The highest BCUT2D eigenvalue weighted by atomic mass is 127. The number of guanidine groups is 1. The van der Waals surface area contributed by atoms with Gasteiger partial charge >= 0.3 is 0 Å². The van der Waals surface area contributed by atoms with Crippen molar-refractivity contribution in [1.29, 1.82) is 0 Å². The van der Waals surface area contributed by atoms with Crippen LogP contribution in [0.5, 0.6) is 0 Å². The van der Waals surface area contributed by atoms with E-state index in [0.717, 1.165) is 70.3 Å². The molecule has 0 aromatic heterocycles. The predicted molar refractivity (Wildman–Crippen MR) is 107 cm³/mol. The molecule has 1 aromatic carbocycles. The van der Waals surface area contributed by atoms with E-state index in [1.807, 2.05) is 6.07 Å². The smallest absolute Gasteiger partial charge is 0.191 e. The van der Waals surface area contributed by atoms with E-state index in [1.54, 1.807) is 19.2 Å². The Hall–Kier alpha value is -0.930. The number of hydrogen-bond donors (Lipinski definition) is 2. The molecule has 5 nitrogen and oxygen atoms in total. The van der Waals surface area contributed by atoms with Crippen LogP contribution in [0.1, 0.15) is 12.0 Å². The van der Waals surface area contributed by atoms with Gasteiger partial charge in [-0.25, -0.2) is 4.39 Å². The monoisotopic (exact) mass is 450 g/mol. The molecule has 2 N–H and O–H groups in total. The third-order valence-corrected chi connectivity index (χ3v) is 3.87. The van der Waals surface area contributed by atoms with Gasteiger partial charge in [0.2, 0.25) is 0 Å². The number of aryl methyl sites for hydroxylation is 1. The van der Waals surface area contributed by atoms with E-state index in [0.29, 0.717) is 0 Å². The zero-order valence-corrected chi connectivity index (χ0v) is 16.6. The van der Waals surface area contributed by atoms with Crippen LogP contribution in [0.15, 0.2) is 29.3 Å². The van der Waals surface area contributed by atoms with Gasteiger partial charge in [-0.1, -0.05) is 12.1 Å². The van der Waals surface area contributed by atoms with Gasteiger partial charge in [-0.15, -0.1) is 24.0 Å². The molecule has 2 rings (SSSR count). The molecule has 1 saturated heterocycles. The van der Waals surface area contributed by atoms with Gasteiger partial charge in [-0.2, -0.15) is 0 Å². The molecule has 0 atom stereocenters. The summed E-state index contributed by atoms with van der Waals surface area (Å²) in [5.41, 5.74) is 1.03. The Labute approximate surface area is 161 Å². The molecule has 1 fully saturated rings. The topological polar surface area (TPSA) is 48.9 Å². The Balaban J connectivity index is 0.00000288. The zero-order valence-electron chi connectivity index (χ0n) is 14.3. The summed E-state index contributed by atoms with van der Waals surface area (Å²) in [6.07, 6.45) is 1.79. The number of hydrogen-bond acceptors (Lipinski definition) is 3. The van der Waals surface area contributed by atoms with E-state index >= 15 is 0 Å². The Morgan fingerprint density at radius 2 is 2.00 bits per heavy atom. The van der Waals surface area contributed by atoms with Crippen LogP contribution in [-0.2, 0) is 11.2 Å². The number of nitrogens with zero attached hydrogens (tertiary/aromatic N) is 2. The van der Waals surface area contributed by atoms with Gasteiger partial charge in [0.05, 0.1) is 13.2 Å². The summed E-state index contributed by atoms with van der Waals surface area (Å²) >= 11 is 0. The lowest BCUT2D eigenvalue weighted by Crippen LogP contribution is -2.44. The van der Waals surface area contributed by atoms with Crippen LogP contribution in [0.4, 0.5) is 4.39 Å². The fourth-order valence-corrected chi connectivity index (χ4v) is 2.57. The average Bonchev–Trinajstić information content (AvgIpc) is 2.58. The van der Waals surface area contributed by atoms with Crippen molar-refractivity contribution in [2.75, 3.05) is 53.0 Å². The molecule has 136 valence electrons. The number of halogens is 2. The Bertz CT molecular complexity index is 495. The van der Waals surface area contributed by atoms with Crippen molar-refractivity contribution >= 4 is 29.9 Å². The van der Waals surface area contributed by atoms with Crippen LogP contribution < -0.4 is 10.6 Å². The van der Waals surface area contributed by atoms with E-state index in [-0.39, 0.29) is 29.8 Å². The summed E-state index contributed by atoms with van der Waals surface area (Å²) in [7, 11) is 1.77. The van der Waals surface area contributed by atoms with Gasteiger partial charge in [0, 0.05) is 39.8 Å². The van der Waals surface area contributed by atoms with E-state index in [4.69, 9.17) is 4.74 Å². The largest absolute Gasteiger partial charge is 0.379 e. The van der Waals surface area contributed by atoms with E-state index < -0.39 is 0 Å². The second-order valence-corrected chi connectivity index (χ2v) is 5.61. The van der Waals surface area contributed by atoms with Crippen LogP contribution in [0.25, 0.3) is 0 Å². The minimum Gasteiger partial charge on any atom is -0.379 e. The van der Waals surface area contributed by atoms with Crippen LogP contribution >= 0.6 is 24.0 Å². The highest BCUT2D eigenvalue weighted by molar-refractivity contribution is 14.0. The third-order valence-electron chi connectivity index (χ3n) is 3.87. The number of ether oxygens (including phenoxy) is 1. The second-order valence-electron chi connectivity index (χ2n) is 5.61. The van der Waals surface area contributed by atoms with Crippen molar-refractivity contribution in [3.63, 3.8) is 0 Å². The molecule has 1 aliphatic heterocycles. The van der Waals surface area contributed by atoms with E-state index in [9.17, 15) is 4.39 Å². The number of rotatable bonds is 7. The van der Waals surface area contributed by atoms with Crippen LogP contribution in [0.2, 0.25) is 0 Å². The quantitative estimate of drug-likeness (QED) is 0.288. The minimum atomic E-state index is -0.170. The summed E-state index contributed by atoms with van der Waals surface area (Å²) in [5, 5.41) is 6.61. The molecule has 0 radical (unpaired) electrons. The van der Waals surface area contributed by atoms with E-state index in [2.05, 4.69) is 20.5 Å². The normalized spacial score (nSPS) is 15.7. The highest BCUT2D eigenvalue weighted by Crippen LogP contribution is 2.05. The summed E-state index contributed by atoms with van der Waals surface area (Å²) in [6, 6.07) is 6.78. The summed E-state index contributed by atoms with van der Waals surface area (Å²) in [4.78, 5) is 6.60. The molecular formula is C17H28FIN4O. The predicted octanol–water partition coefficient (Wildman–Crippen LogP) is 1.87. The molecular weight excluding hydrogens is 422 g/mol. The average molecular weight is 450 g/mol. The Morgan fingerprint density at radius 1 is 1.25 bits per heavy atom. The second kappa shape index (κ2) is 12.4. The zero-order chi connectivity index (χ0) is 16.3. The van der Waals surface area contributed by atoms with Gasteiger partial charge < -0.3 is 15.4 Å². The SMILES string of the molecule is CN=C(NCCCc1cccc(F)c1)NCCN1CCOCC1.I. The first kappa shape index (κ1) is 21.1. The molecule has 1 aliphatic rings. The molecule has 0 bridgehead atoms. The molecule has 7 heteroatoms. The van der Waals surface area contributed by atoms with Crippen molar-refractivity contribution in [1.82, 2.24) is 15.5 Å². The van der Waals surface area contributed by atoms with Crippen molar-refractivity contribution in [3.8, 4) is 0 Å². The first-order chi connectivity index (χ1) is 11.3. The van der Waals surface area contributed by atoms with Gasteiger partial charge in [-0.3, -0.25) is 9.89 Å². The van der Waals surface area contributed by atoms with Crippen molar-refractivity contribution in [2.45, 2.75) is 12.8 Å². The molecule has 0 unspecified atom stereocenters. The van der Waals surface area contributed by atoms with Gasteiger partial charge in [0.1, 0.15) is 5.82 Å². The number of morpholine rings is 1. The van der Waals surface area contributed by atoms with Gasteiger partial charge in [0.25, 0.3) is 0 Å². The first-order valence-electron chi connectivity index (χ1n) is 8.27. The molecule has 0 spiro atoms. The van der Waals surface area contributed by atoms with Crippen LogP contribution in [0.3, 0.4) is 0 Å². The third kappa shape index (κ3) is 8.25. The van der Waals surface area contributed by atoms with Crippen molar-refractivity contribution in [3.05, 3.63) is 35.6 Å². The summed E-state index contributed by atoms with van der Waals surface area (Å²) in [5.74, 6) is 0.647.